The lowest BCUT2D eigenvalue weighted by atomic mass is 10.0. The van der Waals surface area contributed by atoms with E-state index in [1.807, 2.05) is 24.5 Å². The first-order valence-corrected chi connectivity index (χ1v) is 9.94. The van der Waals surface area contributed by atoms with Crippen molar-refractivity contribution >= 4 is 11.3 Å². The fourth-order valence-corrected chi connectivity index (χ4v) is 3.97. The third-order valence-corrected chi connectivity index (χ3v) is 5.48. The van der Waals surface area contributed by atoms with Crippen LogP contribution in [0.4, 0.5) is 5.69 Å². The molecule has 1 fully saturated rings. The van der Waals surface area contributed by atoms with Crippen molar-refractivity contribution in [1.29, 1.82) is 0 Å². The molecule has 4 aromatic rings. The first kappa shape index (κ1) is 17.8. The van der Waals surface area contributed by atoms with Crippen LogP contribution < -0.4 is 4.90 Å². The molecule has 0 bridgehead atoms. The van der Waals surface area contributed by atoms with E-state index in [9.17, 15) is 5.11 Å². The Kier molecular flexibility index (Phi) is 4.66. The summed E-state index contributed by atoms with van der Waals surface area (Å²) in [7, 11) is 0. The summed E-state index contributed by atoms with van der Waals surface area (Å²) < 4.78 is 7.53. The van der Waals surface area contributed by atoms with Gasteiger partial charge in [-0.05, 0) is 41.5 Å². The van der Waals surface area contributed by atoms with Gasteiger partial charge in [-0.3, -0.25) is 4.40 Å². The molecule has 146 valence electrons. The van der Waals surface area contributed by atoms with Gasteiger partial charge in [0, 0.05) is 43.2 Å². The summed E-state index contributed by atoms with van der Waals surface area (Å²) in [5, 5.41) is 9.83. The lowest BCUT2D eigenvalue weighted by Crippen LogP contribution is -2.36. The molecule has 2 aromatic carbocycles. The van der Waals surface area contributed by atoms with Crippen molar-refractivity contribution in [3.8, 4) is 17.0 Å². The fraction of sp³-hybridized carbons (Fsp3) is 0.208. The van der Waals surface area contributed by atoms with Crippen LogP contribution in [0.5, 0.6) is 5.75 Å². The highest BCUT2D eigenvalue weighted by Crippen LogP contribution is 2.27. The van der Waals surface area contributed by atoms with Crippen molar-refractivity contribution < 1.29 is 9.84 Å². The number of pyridine rings is 1. The molecule has 0 saturated carbocycles. The van der Waals surface area contributed by atoms with E-state index < -0.39 is 0 Å². The maximum atomic E-state index is 9.83. The van der Waals surface area contributed by atoms with Gasteiger partial charge in [0.15, 0.2) is 0 Å². The highest BCUT2D eigenvalue weighted by atomic mass is 16.5. The number of fused-ring (bicyclic) bond motifs is 1. The van der Waals surface area contributed by atoms with Crippen molar-refractivity contribution in [2.45, 2.75) is 6.42 Å². The summed E-state index contributed by atoms with van der Waals surface area (Å²) in [6.45, 7) is 3.49. The Hall–Kier alpha value is -3.31. The van der Waals surface area contributed by atoms with Crippen molar-refractivity contribution in [2.75, 3.05) is 31.2 Å². The predicted octanol–water partition coefficient (Wildman–Crippen LogP) is 4.13. The number of aromatic nitrogens is 2. The zero-order chi connectivity index (χ0) is 19.6. The van der Waals surface area contributed by atoms with Crippen LogP contribution in [0, 0.1) is 0 Å². The number of anilines is 1. The molecule has 5 heteroatoms. The number of phenolic OH excluding ortho intramolecular Hbond substituents is 1. The molecule has 5 nitrogen and oxygen atoms in total. The highest BCUT2D eigenvalue weighted by molar-refractivity contribution is 5.67. The van der Waals surface area contributed by atoms with Crippen LogP contribution in [0.25, 0.3) is 16.9 Å². The van der Waals surface area contributed by atoms with Gasteiger partial charge < -0.3 is 14.7 Å². The molecule has 0 atom stereocenters. The number of aromatic hydroxyl groups is 1. The number of ether oxygens (including phenoxy) is 1. The Morgan fingerprint density at radius 1 is 0.966 bits per heavy atom. The van der Waals surface area contributed by atoms with Crippen molar-refractivity contribution in [3.63, 3.8) is 0 Å². The van der Waals surface area contributed by atoms with Gasteiger partial charge in [0.25, 0.3) is 0 Å². The molecule has 29 heavy (non-hydrogen) atoms. The monoisotopic (exact) mass is 385 g/mol. The zero-order valence-electron chi connectivity index (χ0n) is 16.2. The van der Waals surface area contributed by atoms with Gasteiger partial charge in [-0.2, -0.15) is 0 Å². The second kappa shape index (κ2) is 7.60. The summed E-state index contributed by atoms with van der Waals surface area (Å²) in [5.74, 6) is 0.264. The summed E-state index contributed by atoms with van der Waals surface area (Å²) in [6.07, 6.45) is 4.62. The van der Waals surface area contributed by atoms with Crippen LogP contribution in [0.3, 0.4) is 0 Å². The molecule has 1 N–H and O–H groups in total. The van der Waals surface area contributed by atoms with Crippen LogP contribution >= 0.6 is 0 Å². The van der Waals surface area contributed by atoms with Crippen molar-refractivity contribution in [1.82, 2.24) is 9.38 Å². The largest absolute Gasteiger partial charge is 0.508 e. The standard InChI is InChI=1S/C24H23N3O2/c28-22-3-1-2-19(17-22)23-9-6-20(24-25-10-11-27(23)24)16-18-4-7-21(8-5-18)26-12-14-29-15-13-26/h1-11,17,28H,12-16H2. The molecule has 1 aliphatic rings. The highest BCUT2D eigenvalue weighted by Gasteiger charge is 2.12. The summed E-state index contributed by atoms with van der Waals surface area (Å²) in [4.78, 5) is 6.96. The van der Waals surface area contributed by atoms with Gasteiger partial charge >= 0.3 is 0 Å². The Labute approximate surface area is 169 Å². The summed E-state index contributed by atoms with van der Waals surface area (Å²) >= 11 is 0. The third kappa shape index (κ3) is 3.57. The van der Waals surface area contributed by atoms with Gasteiger partial charge in [0.1, 0.15) is 11.4 Å². The third-order valence-electron chi connectivity index (χ3n) is 5.48. The number of hydrogen-bond donors (Lipinski definition) is 1. The Balaban J connectivity index is 1.43. The van der Waals surface area contributed by atoms with Gasteiger partial charge in [0.05, 0.1) is 18.9 Å². The molecular formula is C24H23N3O2. The molecule has 0 unspecified atom stereocenters. The van der Waals surface area contributed by atoms with Crippen LogP contribution in [0.1, 0.15) is 11.1 Å². The van der Waals surface area contributed by atoms with Crippen LogP contribution in [-0.2, 0) is 11.2 Å². The van der Waals surface area contributed by atoms with E-state index in [0.717, 1.165) is 49.6 Å². The maximum absolute atomic E-state index is 9.83. The van der Waals surface area contributed by atoms with Gasteiger partial charge in [0.2, 0.25) is 0 Å². The van der Waals surface area contributed by atoms with Crippen LogP contribution in [0.2, 0.25) is 0 Å². The summed E-state index contributed by atoms with van der Waals surface area (Å²) in [5.41, 5.74) is 6.62. The molecule has 0 spiro atoms. The molecule has 5 rings (SSSR count). The SMILES string of the molecule is Oc1cccc(-c2ccc(Cc3ccc(N4CCOCC4)cc3)c3nccn23)c1. The number of hydrogen-bond acceptors (Lipinski definition) is 4. The predicted molar refractivity (Wildman–Crippen MR) is 115 cm³/mol. The van der Waals surface area contributed by atoms with E-state index in [4.69, 9.17) is 4.74 Å². The molecule has 2 aromatic heterocycles. The van der Waals surface area contributed by atoms with E-state index in [-0.39, 0.29) is 5.75 Å². The Bertz CT molecular complexity index is 1130. The molecule has 0 amide bonds. The average molecular weight is 385 g/mol. The number of rotatable bonds is 4. The lowest BCUT2D eigenvalue weighted by molar-refractivity contribution is 0.122. The molecule has 0 aliphatic carbocycles. The van der Waals surface area contributed by atoms with Crippen LogP contribution in [0.15, 0.2) is 73.1 Å². The Morgan fingerprint density at radius 2 is 1.79 bits per heavy atom. The quantitative estimate of drug-likeness (QED) is 0.574. The first-order valence-electron chi connectivity index (χ1n) is 9.94. The topological polar surface area (TPSA) is 50.0 Å². The van der Waals surface area contributed by atoms with Gasteiger partial charge in [-0.1, -0.05) is 30.3 Å². The number of phenols is 1. The minimum absolute atomic E-state index is 0.264. The van der Waals surface area contributed by atoms with E-state index in [1.54, 1.807) is 12.1 Å². The number of morpholine rings is 1. The number of nitrogens with zero attached hydrogens (tertiary/aromatic N) is 3. The normalized spacial score (nSPS) is 14.4. The zero-order valence-corrected chi connectivity index (χ0v) is 16.2. The van der Waals surface area contributed by atoms with E-state index in [1.165, 1.54) is 16.8 Å². The summed E-state index contributed by atoms with van der Waals surface area (Å²) in [6, 6.07) is 20.4. The molecule has 3 heterocycles. The second-order valence-electron chi connectivity index (χ2n) is 7.36. The maximum Gasteiger partial charge on any atom is 0.140 e. The molecule has 1 aliphatic heterocycles. The first-order chi connectivity index (χ1) is 14.3. The average Bonchev–Trinajstić information content (AvgIpc) is 3.26. The Morgan fingerprint density at radius 3 is 2.59 bits per heavy atom. The minimum atomic E-state index is 0.264. The molecule has 0 radical (unpaired) electrons. The minimum Gasteiger partial charge on any atom is -0.508 e. The van der Waals surface area contributed by atoms with E-state index in [0.29, 0.717) is 0 Å². The van der Waals surface area contributed by atoms with E-state index >= 15 is 0 Å². The van der Waals surface area contributed by atoms with E-state index in [2.05, 4.69) is 50.7 Å². The lowest BCUT2D eigenvalue weighted by Gasteiger charge is -2.28. The van der Waals surface area contributed by atoms with Gasteiger partial charge in [-0.15, -0.1) is 0 Å². The second-order valence-corrected chi connectivity index (χ2v) is 7.36. The molecule has 1 saturated heterocycles. The van der Waals surface area contributed by atoms with Crippen molar-refractivity contribution in [2.24, 2.45) is 0 Å². The fourth-order valence-electron chi connectivity index (χ4n) is 3.97. The smallest absolute Gasteiger partial charge is 0.140 e. The number of imidazole rings is 1. The van der Waals surface area contributed by atoms with Crippen molar-refractivity contribution in [3.05, 3.63) is 84.2 Å². The van der Waals surface area contributed by atoms with Crippen LogP contribution in [-0.4, -0.2) is 40.8 Å². The van der Waals surface area contributed by atoms with Gasteiger partial charge in [-0.25, -0.2) is 4.98 Å². The number of benzene rings is 2. The molecular weight excluding hydrogens is 362 g/mol.